The lowest BCUT2D eigenvalue weighted by molar-refractivity contribution is -0.148. The Bertz CT molecular complexity index is 3740. The number of carbonyl (C=O) groups is 8. The molecule has 2 unspecified atom stereocenters. The van der Waals surface area contributed by atoms with Crippen LogP contribution in [0.3, 0.4) is 0 Å². The summed E-state index contributed by atoms with van der Waals surface area (Å²) < 4.78 is 10.4. The zero-order chi connectivity index (χ0) is 63.6. The number of ether oxygens (including phenoxy) is 2. The van der Waals surface area contributed by atoms with Crippen molar-refractivity contribution in [3.8, 4) is 43.4 Å². The summed E-state index contributed by atoms with van der Waals surface area (Å²) in [6.07, 6.45) is 3.53. The molecule has 24 nitrogen and oxygen atoms in total. The Morgan fingerprint density at radius 2 is 1.51 bits per heavy atom. The fraction of sp³-hybridized carbons (Fsp3) is 0.362. The number of nitrogen functional groups attached to an aromatic ring is 1. The summed E-state index contributed by atoms with van der Waals surface area (Å²) in [6.45, 7) is 12.4. The largest absolute Gasteiger partial charge is 0.458 e. The average molecular weight is 1310 g/mol. The third kappa shape index (κ3) is 17.8. The number of fused-ring (bicyclic) bond motifs is 1. The van der Waals surface area contributed by atoms with Gasteiger partial charge in [-0.2, -0.15) is 0 Å². The monoisotopic (exact) mass is 1310 g/mol. The number of rotatable bonds is 21. The van der Waals surface area contributed by atoms with Crippen molar-refractivity contribution >= 4 is 121 Å². The van der Waals surface area contributed by atoms with E-state index in [1.54, 1.807) is 46.1 Å². The van der Waals surface area contributed by atoms with Crippen LogP contribution >= 0.6 is 68.0 Å². The fourth-order valence-electron chi connectivity index (χ4n) is 8.47. The van der Waals surface area contributed by atoms with E-state index in [0.717, 1.165) is 35.9 Å². The van der Waals surface area contributed by atoms with Crippen molar-refractivity contribution in [3.63, 3.8) is 0 Å². The van der Waals surface area contributed by atoms with Gasteiger partial charge in [0.2, 0.25) is 23.6 Å². The van der Waals surface area contributed by atoms with Crippen LogP contribution < -0.4 is 32.7 Å². The molecule has 2 saturated heterocycles. The zero-order valence-electron chi connectivity index (χ0n) is 49.4. The summed E-state index contributed by atoms with van der Waals surface area (Å²) >= 11 is 7.77. The van der Waals surface area contributed by atoms with Gasteiger partial charge in [-0.1, -0.05) is 76.3 Å². The van der Waals surface area contributed by atoms with Gasteiger partial charge in [0.15, 0.2) is 17.1 Å². The van der Waals surface area contributed by atoms with Crippen LogP contribution in [0.4, 0.5) is 5.13 Å². The molecule has 10 rings (SSSR count). The van der Waals surface area contributed by atoms with Crippen LogP contribution in [0.1, 0.15) is 127 Å². The minimum Gasteiger partial charge on any atom is -0.458 e. The number of benzene rings is 1. The molecule has 2 aliphatic rings. The molecule has 3 atom stereocenters. The second kappa shape index (κ2) is 32.2. The van der Waals surface area contributed by atoms with Gasteiger partial charge in [0.25, 0.3) is 11.8 Å². The summed E-state index contributed by atoms with van der Waals surface area (Å²) in [5.41, 5.74) is 14.9. The Hall–Kier alpha value is -8.13. The van der Waals surface area contributed by atoms with Crippen LogP contribution in [0.25, 0.3) is 43.4 Å². The number of carbonyl (C=O) groups excluding carboxylic acids is 8. The van der Waals surface area contributed by atoms with Crippen molar-refractivity contribution in [2.75, 3.05) is 39.6 Å². The number of thiazole rings is 6. The van der Waals surface area contributed by atoms with Crippen molar-refractivity contribution in [3.05, 3.63) is 112 Å². The molecule has 2 aliphatic heterocycles. The van der Waals surface area contributed by atoms with Gasteiger partial charge in [0.1, 0.15) is 72.9 Å². The second-order valence-corrected chi connectivity index (χ2v) is 25.7. The molecule has 0 bridgehead atoms. The Kier molecular flexibility index (Phi) is 24.7. The predicted molar refractivity (Wildman–Crippen MR) is 341 cm³/mol. The van der Waals surface area contributed by atoms with Crippen LogP contribution in [0.2, 0.25) is 0 Å². The van der Waals surface area contributed by atoms with Crippen LogP contribution in [0, 0.1) is 12.8 Å². The van der Waals surface area contributed by atoms with E-state index in [1.165, 1.54) is 76.4 Å². The molecule has 464 valence electrons. The zero-order valence-corrected chi connectivity index (χ0v) is 54.3. The normalized spacial score (nSPS) is 14.4. The number of methoxy groups -OCH3 is 1. The molecule has 8 N–H and O–H groups in total. The highest BCUT2D eigenvalue weighted by molar-refractivity contribution is 7.16. The van der Waals surface area contributed by atoms with E-state index < -0.39 is 41.8 Å². The molecule has 0 aliphatic carbocycles. The average Bonchev–Trinajstić information content (AvgIpc) is 4.21. The van der Waals surface area contributed by atoms with Gasteiger partial charge < -0.3 is 47.1 Å². The van der Waals surface area contributed by atoms with E-state index in [-0.39, 0.29) is 71.8 Å². The molecule has 2 fully saturated rings. The SMILES string of the molecule is CC.CC(C)C.CNC(=O)C[C@H](NC(=O)c1csc(-c2ccc(-c3nc(C(=O)OCC4NC(=O)C5CCCN5C4=O)cs3)nc2-c2csc(-c3csc(CCc4ccccc4)n3)n2)n1)c1nc(C=O)c(C)s1.COCc1sc(N)nc1C(=O)NCC(N)=O. The Morgan fingerprint density at radius 3 is 2.22 bits per heavy atom. The summed E-state index contributed by atoms with van der Waals surface area (Å²) in [6, 6.07) is 11.5. The van der Waals surface area contributed by atoms with Crippen LogP contribution in [0.15, 0.2) is 64.0 Å². The summed E-state index contributed by atoms with van der Waals surface area (Å²) in [4.78, 5) is 134. The highest BCUT2D eigenvalue weighted by atomic mass is 32.1. The maximum atomic E-state index is 13.8. The lowest BCUT2D eigenvalue weighted by Gasteiger charge is -2.34. The smallest absolute Gasteiger partial charge is 0.357 e. The van der Waals surface area contributed by atoms with Crippen molar-refractivity contribution in [1.29, 1.82) is 0 Å². The molecule has 88 heavy (non-hydrogen) atoms. The minimum absolute atomic E-state index is 0.0131. The molecule has 0 spiro atoms. The highest BCUT2D eigenvalue weighted by Crippen LogP contribution is 2.38. The molecule has 0 saturated carbocycles. The number of primary amides is 1. The summed E-state index contributed by atoms with van der Waals surface area (Å²) in [5, 5.41) is 20.7. The van der Waals surface area contributed by atoms with Gasteiger partial charge in [-0.15, -0.1) is 56.7 Å². The number of nitrogens with zero attached hydrogens (tertiary/aromatic N) is 8. The first kappa shape index (κ1) is 67.4. The molecule has 8 aromatic rings. The van der Waals surface area contributed by atoms with Gasteiger partial charge in [-0.05, 0) is 49.8 Å². The van der Waals surface area contributed by atoms with E-state index in [9.17, 15) is 38.4 Å². The van der Waals surface area contributed by atoms with E-state index in [2.05, 4.69) is 69.1 Å². The molecular formula is C58H66N14O10S6. The molecule has 9 heterocycles. The number of nitrogens with two attached hydrogens (primary N) is 2. The Balaban J connectivity index is 0.000000427. The Labute approximate surface area is 531 Å². The number of hydrogen-bond donors (Lipinski definition) is 6. The first-order valence-corrected chi connectivity index (χ1v) is 32.9. The topological polar surface area (TPSA) is 349 Å². The number of nitrogens with one attached hydrogen (secondary N) is 4. The molecule has 7 aromatic heterocycles. The number of esters is 1. The standard InChI is InChI=1S/C44H38N10O7S5.C8H12N4O3S.C4H10.C2H6/c1-22-27(16-55)50-42(66-22)26(15-34(56)45-2)48-37(57)30-19-63-39(52-30)24-11-12-25(40-53-32(21-65-40)44(60)61-17-28-43(59)54-14-6-9-33(54)38(58)49-28)47-36(24)29-18-64-41(51-29)31-20-62-35(46-31)13-10-23-7-4-3-5-8-23;1-15-3-4-6(12-8(10)16-4)7(14)11-2-5(9)13;1-4(2)3;1-2/h3-5,7-8,11-12,16,18-21,26,28,33H,6,9-10,13-15,17H2,1-2H3,(H,45,56)(H,48,57)(H,49,58);2-3H2,1H3,(H2,9,13)(H2,10,12)(H,11,14);4H,1-3H3;1-2H3/t26-,28?,33?;;;/m0.../s1. The maximum Gasteiger partial charge on any atom is 0.357 e. The summed E-state index contributed by atoms with van der Waals surface area (Å²) in [7, 11) is 3.00. The van der Waals surface area contributed by atoms with Crippen molar-refractivity contribution < 1.29 is 47.8 Å². The van der Waals surface area contributed by atoms with Crippen LogP contribution in [-0.4, -0.2) is 133 Å². The highest BCUT2D eigenvalue weighted by Gasteiger charge is 2.43. The molecule has 0 radical (unpaired) electrons. The van der Waals surface area contributed by atoms with E-state index in [1.807, 2.05) is 42.8 Å². The van der Waals surface area contributed by atoms with Gasteiger partial charge >= 0.3 is 5.97 Å². The van der Waals surface area contributed by atoms with Gasteiger partial charge in [0, 0.05) is 59.1 Å². The number of aromatic nitrogens is 7. The minimum atomic E-state index is -0.973. The predicted octanol–water partition coefficient (Wildman–Crippen LogP) is 7.97. The molecule has 30 heteroatoms. The number of piperazine rings is 1. The van der Waals surface area contributed by atoms with E-state index in [0.29, 0.717) is 71.7 Å². The number of aryl methyl sites for hydroxylation is 3. The first-order valence-electron chi connectivity index (χ1n) is 27.7. The van der Waals surface area contributed by atoms with Gasteiger partial charge in [-0.3, -0.25) is 33.6 Å². The van der Waals surface area contributed by atoms with Crippen molar-refractivity contribution in [2.45, 2.75) is 98.4 Å². The van der Waals surface area contributed by atoms with Gasteiger partial charge in [-0.25, -0.2) is 39.7 Å². The third-order valence-electron chi connectivity index (χ3n) is 12.5. The third-order valence-corrected chi connectivity index (χ3v) is 17.9. The maximum absolute atomic E-state index is 13.8. The Morgan fingerprint density at radius 1 is 0.818 bits per heavy atom. The fourth-order valence-corrected chi connectivity index (χ4v) is 13.4. The summed E-state index contributed by atoms with van der Waals surface area (Å²) in [5.74, 6) is -2.42. The molecule has 6 amide bonds. The number of hydrogen-bond acceptors (Lipinski definition) is 24. The van der Waals surface area contributed by atoms with E-state index >= 15 is 0 Å². The number of pyridine rings is 1. The quantitative estimate of drug-likeness (QED) is 0.0293. The lowest BCUT2D eigenvalue weighted by atomic mass is 10.1. The number of anilines is 1. The van der Waals surface area contributed by atoms with Crippen molar-refractivity contribution in [1.82, 2.24) is 61.1 Å². The first-order chi connectivity index (χ1) is 42.3. The van der Waals surface area contributed by atoms with Crippen LogP contribution in [-0.2, 0) is 48.1 Å². The van der Waals surface area contributed by atoms with Crippen LogP contribution in [0.5, 0.6) is 0 Å². The number of amides is 6. The second-order valence-electron chi connectivity index (χ2n) is 19.8. The lowest BCUT2D eigenvalue weighted by Crippen LogP contribution is -2.62. The number of aldehydes is 1. The van der Waals surface area contributed by atoms with Gasteiger partial charge in [0.05, 0.1) is 41.2 Å². The van der Waals surface area contributed by atoms with E-state index in [4.69, 9.17) is 40.9 Å². The van der Waals surface area contributed by atoms with Crippen molar-refractivity contribution in [2.24, 2.45) is 11.7 Å². The molecule has 1 aromatic carbocycles. The molecular weight excluding hydrogens is 1250 g/mol.